The van der Waals surface area contributed by atoms with Crippen LogP contribution in [-0.2, 0) is 0 Å². The lowest BCUT2D eigenvalue weighted by atomic mass is 10.1. The van der Waals surface area contributed by atoms with Gasteiger partial charge in [0.15, 0.2) is 0 Å². The molecule has 0 fully saturated rings. The minimum absolute atomic E-state index is 0.260. The molecule has 1 atom stereocenters. The van der Waals surface area contributed by atoms with Crippen LogP contribution >= 0.6 is 11.6 Å². The molecule has 1 heterocycles. The van der Waals surface area contributed by atoms with Crippen molar-refractivity contribution in [3.05, 3.63) is 83.0 Å². The summed E-state index contributed by atoms with van der Waals surface area (Å²) < 4.78 is 13.1. The Balaban J connectivity index is 1.75. The molecule has 0 aliphatic rings. The summed E-state index contributed by atoms with van der Waals surface area (Å²) >= 11 is 5.95. The molecular formula is C19H15ClFN3O2. The molecule has 0 aliphatic heterocycles. The second kappa shape index (κ2) is 8.03. The summed E-state index contributed by atoms with van der Waals surface area (Å²) in [5, 5.41) is 12.9. The maximum absolute atomic E-state index is 13.1. The molecule has 0 saturated carbocycles. The highest BCUT2D eigenvalue weighted by atomic mass is 35.5. The van der Waals surface area contributed by atoms with E-state index in [9.17, 15) is 14.3 Å². The van der Waals surface area contributed by atoms with Crippen LogP contribution < -0.4 is 5.32 Å². The number of aromatic nitrogens is 2. The Morgan fingerprint density at radius 3 is 2.62 bits per heavy atom. The zero-order valence-electron chi connectivity index (χ0n) is 13.6. The largest absolute Gasteiger partial charge is 0.394 e. The lowest BCUT2D eigenvalue weighted by Gasteiger charge is -2.17. The number of aliphatic hydroxyl groups is 1. The van der Waals surface area contributed by atoms with E-state index in [1.807, 2.05) is 0 Å². The average Bonchev–Trinajstić information content (AvgIpc) is 2.66. The predicted octanol–water partition coefficient (Wildman–Crippen LogP) is 3.40. The van der Waals surface area contributed by atoms with Gasteiger partial charge in [-0.25, -0.2) is 9.97 Å². The van der Waals surface area contributed by atoms with Crippen molar-refractivity contribution in [2.45, 2.75) is 6.04 Å². The quantitative estimate of drug-likeness (QED) is 0.674. The second-order valence-electron chi connectivity index (χ2n) is 5.55. The first-order valence-corrected chi connectivity index (χ1v) is 8.21. The maximum Gasteiger partial charge on any atom is 0.309 e. The number of aliphatic hydroxyl groups excluding tert-OH is 1. The number of carbonyl (C=O) groups is 1. The first-order chi connectivity index (χ1) is 12.6. The number of rotatable bonds is 5. The van der Waals surface area contributed by atoms with Crippen molar-refractivity contribution in [2.75, 3.05) is 6.61 Å². The minimum atomic E-state index is -0.809. The third kappa shape index (κ3) is 4.22. The monoisotopic (exact) mass is 371 g/mol. The highest BCUT2D eigenvalue weighted by Gasteiger charge is 2.15. The van der Waals surface area contributed by atoms with Crippen molar-refractivity contribution in [1.82, 2.24) is 15.3 Å². The van der Waals surface area contributed by atoms with Gasteiger partial charge in [0.1, 0.15) is 0 Å². The second-order valence-corrected chi connectivity index (χ2v) is 5.99. The fourth-order valence-electron chi connectivity index (χ4n) is 2.49. The fourth-order valence-corrected chi connectivity index (χ4v) is 2.69. The van der Waals surface area contributed by atoms with Gasteiger partial charge >= 0.3 is 6.08 Å². The van der Waals surface area contributed by atoms with Crippen LogP contribution in [0.25, 0.3) is 11.3 Å². The van der Waals surface area contributed by atoms with Crippen LogP contribution in [0.1, 0.15) is 22.0 Å². The fraction of sp³-hybridized carbons (Fsp3) is 0.105. The standard InChI is InChI=1S/C19H15ClFN3O2/c20-15-3-1-2-14(10-15)17(11-25)23-18(26)13-6-4-12(5-7-13)16-8-9-22-19(21)24-16/h1-10,17,25H,11H2,(H,23,26). The van der Waals surface area contributed by atoms with Gasteiger partial charge in [-0.15, -0.1) is 0 Å². The molecule has 0 bridgehead atoms. The Morgan fingerprint density at radius 1 is 1.19 bits per heavy atom. The summed E-state index contributed by atoms with van der Waals surface area (Å²) in [5.74, 6) is -0.343. The molecule has 132 valence electrons. The number of nitrogens with one attached hydrogen (secondary N) is 1. The molecule has 26 heavy (non-hydrogen) atoms. The van der Waals surface area contributed by atoms with E-state index >= 15 is 0 Å². The van der Waals surface area contributed by atoms with Crippen LogP contribution in [0.5, 0.6) is 0 Å². The number of amides is 1. The summed E-state index contributed by atoms with van der Waals surface area (Å²) in [4.78, 5) is 19.6. The van der Waals surface area contributed by atoms with Crippen molar-refractivity contribution in [3.63, 3.8) is 0 Å². The van der Waals surface area contributed by atoms with Crippen LogP contribution in [0.15, 0.2) is 60.8 Å². The van der Waals surface area contributed by atoms with Crippen LogP contribution in [-0.4, -0.2) is 27.6 Å². The Labute approximate surface area is 154 Å². The Morgan fingerprint density at radius 2 is 1.96 bits per heavy atom. The van der Waals surface area contributed by atoms with Crippen LogP contribution in [0, 0.1) is 6.08 Å². The SMILES string of the molecule is O=C(NC(CO)c1cccc(Cl)c1)c1ccc(-c2ccnc(F)n2)cc1. The van der Waals surface area contributed by atoms with E-state index in [0.29, 0.717) is 27.4 Å². The molecule has 0 saturated heterocycles. The number of hydrogen-bond donors (Lipinski definition) is 2. The molecule has 3 rings (SSSR count). The highest BCUT2D eigenvalue weighted by Crippen LogP contribution is 2.20. The van der Waals surface area contributed by atoms with E-state index in [-0.39, 0.29) is 12.5 Å². The van der Waals surface area contributed by atoms with Crippen molar-refractivity contribution in [2.24, 2.45) is 0 Å². The summed E-state index contributed by atoms with van der Waals surface area (Å²) in [7, 11) is 0. The van der Waals surface area contributed by atoms with Crippen molar-refractivity contribution in [1.29, 1.82) is 0 Å². The van der Waals surface area contributed by atoms with Gasteiger partial charge in [-0.1, -0.05) is 35.9 Å². The molecule has 5 nitrogen and oxygen atoms in total. The van der Waals surface area contributed by atoms with E-state index in [2.05, 4.69) is 15.3 Å². The van der Waals surface area contributed by atoms with E-state index in [1.54, 1.807) is 54.6 Å². The van der Waals surface area contributed by atoms with Gasteiger partial charge in [-0.3, -0.25) is 4.79 Å². The van der Waals surface area contributed by atoms with Crippen LogP contribution in [0.4, 0.5) is 4.39 Å². The molecule has 0 aliphatic carbocycles. The predicted molar refractivity (Wildman–Crippen MR) is 96.2 cm³/mol. The average molecular weight is 372 g/mol. The molecule has 2 N–H and O–H groups in total. The molecule has 3 aromatic rings. The van der Waals surface area contributed by atoms with Crippen molar-refractivity contribution < 1.29 is 14.3 Å². The van der Waals surface area contributed by atoms with E-state index in [0.717, 1.165) is 0 Å². The van der Waals surface area contributed by atoms with E-state index in [1.165, 1.54) is 6.20 Å². The number of carbonyl (C=O) groups excluding carboxylic acids is 1. The summed E-state index contributed by atoms with van der Waals surface area (Å²) in [5.41, 5.74) is 2.21. The Hall–Kier alpha value is -2.83. The van der Waals surface area contributed by atoms with Gasteiger partial charge in [-0.2, -0.15) is 4.39 Å². The zero-order valence-corrected chi connectivity index (χ0v) is 14.3. The Kier molecular flexibility index (Phi) is 5.55. The molecule has 1 unspecified atom stereocenters. The highest BCUT2D eigenvalue weighted by molar-refractivity contribution is 6.30. The number of benzene rings is 2. The zero-order chi connectivity index (χ0) is 18.5. The van der Waals surface area contributed by atoms with Crippen molar-refractivity contribution in [3.8, 4) is 11.3 Å². The lowest BCUT2D eigenvalue weighted by Crippen LogP contribution is -2.30. The van der Waals surface area contributed by atoms with Crippen molar-refractivity contribution >= 4 is 17.5 Å². The first kappa shape index (κ1) is 18.0. The van der Waals surface area contributed by atoms with E-state index < -0.39 is 12.1 Å². The van der Waals surface area contributed by atoms with E-state index in [4.69, 9.17) is 11.6 Å². The smallest absolute Gasteiger partial charge is 0.309 e. The Bertz CT molecular complexity index is 919. The number of hydrogen-bond acceptors (Lipinski definition) is 4. The summed E-state index contributed by atoms with van der Waals surface area (Å²) in [6.45, 7) is -0.260. The maximum atomic E-state index is 13.1. The number of halogens is 2. The van der Waals surface area contributed by atoms with Gasteiger partial charge in [0, 0.05) is 22.3 Å². The molecule has 0 spiro atoms. The van der Waals surface area contributed by atoms with Crippen LogP contribution in [0.3, 0.4) is 0 Å². The van der Waals surface area contributed by atoms with Gasteiger partial charge in [0.25, 0.3) is 5.91 Å². The first-order valence-electron chi connectivity index (χ1n) is 7.83. The molecule has 0 radical (unpaired) electrons. The molecule has 2 aromatic carbocycles. The molecule has 1 aromatic heterocycles. The van der Waals surface area contributed by atoms with Gasteiger partial charge in [0.2, 0.25) is 0 Å². The van der Waals surface area contributed by atoms with Gasteiger partial charge in [0.05, 0.1) is 18.3 Å². The lowest BCUT2D eigenvalue weighted by molar-refractivity contribution is 0.0916. The third-order valence-corrected chi connectivity index (χ3v) is 4.04. The third-order valence-electron chi connectivity index (χ3n) is 3.81. The molecule has 7 heteroatoms. The molecular weight excluding hydrogens is 357 g/mol. The van der Waals surface area contributed by atoms with Gasteiger partial charge in [-0.05, 0) is 35.9 Å². The summed E-state index contributed by atoms with van der Waals surface area (Å²) in [6, 6.07) is 14.5. The summed E-state index contributed by atoms with van der Waals surface area (Å²) in [6.07, 6.45) is 0.520. The van der Waals surface area contributed by atoms with Gasteiger partial charge < -0.3 is 10.4 Å². The molecule has 1 amide bonds. The normalized spacial score (nSPS) is 11.8. The minimum Gasteiger partial charge on any atom is -0.394 e. The number of nitrogens with zero attached hydrogens (tertiary/aromatic N) is 2. The van der Waals surface area contributed by atoms with Crippen LogP contribution in [0.2, 0.25) is 5.02 Å². The topological polar surface area (TPSA) is 75.1 Å².